The van der Waals surface area contributed by atoms with E-state index in [1.807, 2.05) is 7.05 Å². The fraction of sp³-hybridized carbons (Fsp3) is 0.923. The Balaban J connectivity index is 1.77. The van der Waals surface area contributed by atoms with Crippen LogP contribution in [0.25, 0.3) is 0 Å². The van der Waals surface area contributed by atoms with Crippen molar-refractivity contribution in [3.63, 3.8) is 0 Å². The molecule has 4 heteroatoms. The fourth-order valence-electron chi connectivity index (χ4n) is 2.32. The van der Waals surface area contributed by atoms with Gasteiger partial charge in [0, 0.05) is 24.4 Å². The van der Waals surface area contributed by atoms with Crippen molar-refractivity contribution in [2.24, 2.45) is 10.4 Å². The largest absolute Gasteiger partial charge is 0.355 e. The average molecular weight is 255 g/mol. The van der Waals surface area contributed by atoms with Gasteiger partial charge >= 0.3 is 0 Å². The van der Waals surface area contributed by atoms with E-state index in [0.29, 0.717) is 16.2 Å². The molecule has 3 nitrogen and oxygen atoms in total. The van der Waals surface area contributed by atoms with Gasteiger partial charge in [-0.2, -0.15) is 11.8 Å². The second-order valence-electron chi connectivity index (χ2n) is 6.22. The molecular weight excluding hydrogens is 230 g/mol. The number of aliphatic imine (C=N–C) groups is 1. The van der Waals surface area contributed by atoms with Crippen molar-refractivity contribution in [1.29, 1.82) is 0 Å². The Kier molecular flexibility index (Phi) is 3.62. The first-order valence-corrected chi connectivity index (χ1v) is 7.55. The normalized spacial score (nSPS) is 35.8. The molecule has 0 bridgehead atoms. The van der Waals surface area contributed by atoms with E-state index in [1.165, 1.54) is 25.0 Å². The molecule has 2 rings (SSSR count). The number of nitrogens with zero attached hydrogens (tertiary/aromatic N) is 1. The second-order valence-corrected chi connectivity index (χ2v) is 7.90. The first-order valence-electron chi connectivity index (χ1n) is 6.56. The standard InChI is InChI=1S/C13H25N3S/c1-12(2)8-10(12)16-11(14-4)15-9-13(3)6-5-7-17-13/h10H,5-9H2,1-4H3,(H2,14,15,16). The third-order valence-electron chi connectivity index (χ3n) is 3.98. The van der Waals surface area contributed by atoms with Crippen LogP contribution in [0.5, 0.6) is 0 Å². The highest BCUT2D eigenvalue weighted by Crippen LogP contribution is 2.44. The number of thioether (sulfide) groups is 1. The summed E-state index contributed by atoms with van der Waals surface area (Å²) < 4.78 is 0.399. The quantitative estimate of drug-likeness (QED) is 0.600. The van der Waals surface area contributed by atoms with Crippen molar-refractivity contribution < 1.29 is 0 Å². The van der Waals surface area contributed by atoms with Crippen LogP contribution in [-0.2, 0) is 0 Å². The average Bonchev–Trinajstić information content (AvgIpc) is 2.68. The molecule has 2 fully saturated rings. The number of hydrogen-bond acceptors (Lipinski definition) is 2. The van der Waals surface area contributed by atoms with Crippen molar-refractivity contribution in [3.8, 4) is 0 Å². The molecule has 0 aromatic carbocycles. The van der Waals surface area contributed by atoms with Crippen LogP contribution in [0.1, 0.15) is 40.0 Å². The van der Waals surface area contributed by atoms with E-state index in [1.54, 1.807) is 0 Å². The molecule has 1 heterocycles. The van der Waals surface area contributed by atoms with Gasteiger partial charge in [0.2, 0.25) is 0 Å². The summed E-state index contributed by atoms with van der Waals surface area (Å²) >= 11 is 2.09. The molecule has 2 unspecified atom stereocenters. The van der Waals surface area contributed by atoms with E-state index in [2.05, 4.69) is 48.2 Å². The van der Waals surface area contributed by atoms with Gasteiger partial charge in [-0.15, -0.1) is 0 Å². The predicted octanol–water partition coefficient (Wildman–Crippen LogP) is 2.24. The predicted molar refractivity (Wildman–Crippen MR) is 76.8 cm³/mol. The number of nitrogens with one attached hydrogen (secondary N) is 2. The molecule has 1 aliphatic carbocycles. The zero-order valence-corrected chi connectivity index (χ0v) is 12.3. The van der Waals surface area contributed by atoms with Crippen molar-refractivity contribution in [1.82, 2.24) is 10.6 Å². The number of hydrogen-bond donors (Lipinski definition) is 2. The van der Waals surface area contributed by atoms with Crippen LogP contribution in [0.4, 0.5) is 0 Å². The highest BCUT2D eigenvalue weighted by Gasteiger charge is 2.46. The smallest absolute Gasteiger partial charge is 0.191 e. The lowest BCUT2D eigenvalue weighted by molar-refractivity contribution is 0.567. The summed E-state index contributed by atoms with van der Waals surface area (Å²) in [4.78, 5) is 4.31. The number of guanidine groups is 1. The molecule has 0 aromatic rings. The van der Waals surface area contributed by atoms with Crippen LogP contribution in [0.15, 0.2) is 4.99 Å². The summed E-state index contributed by atoms with van der Waals surface area (Å²) in [6.07, 6.45) is 3.92. The zero-order chi connectivity index (χ0) is 12.5. The zero-order valence-electron chi connectivity index (χ0n) is 11.5. The molecule has 0 spiro atoms. The van der Waals surface area contributed by atoms with E-state index in [0.717, 1.165) is 12.5 Å². The Bertz CT molecular complexity index is 306. The van der Waals surface area contributed by atoms with Gasteiger partial charge in [0.1, 0.15) is 0 Å². The van der Waals surface area contributed by atoms with Crippen LogP contribution in [-0.4, -0.2) is 36.1 Å². The lowest BCUT2D eigenvalue weighted by Crippen LogP contribution is -2.45. The Morgan fingerprint density at radius 1 is 1.41 bits per heavy atom. The molecule has 2 N–H and O–H groups in total. The van der Waals surface area contributed by atoms with E-state index >= 15 is 0 Å². The summed E-state index contributed by atoms with van der Waals surface area (Å²) in [7, 11) is 1.86. The molecule has 1 saturated carbocycles. The second kappa shape index (κ2) is 4.71. The third-order valence-corrected chi connectivity index (χ3v) is 5.52. The summed E-state index contributed by atoms with van der Waals surface area (Å²) in [6, 6.07) is 0.595. The minimum absolute atomic E-state index is 0.399. The lowest BCUT2D eigenvalue weighted by atomic mass is 10.1. The fourth-order valence-corrected chi connectivity index (χ4v) is 3.56. The summed E-state index contributed by atoms with van der Waals surface area (Å²) in [6.45, 7) is 7.97. The van der Waals surface area contributed by atoms with Gasteiger partial charge < -0.3 is 10.6 Å². The Hall–Kier alpha value is -0.380. The van der Waals surface area contributed by atoms with Gasteiger partial charge in [-0.05, 0) is 37.4 Å². The van der Waals surface area contributed by atoms with Crippen molar-refractivity contribution in [3.05, 3.63) is 0 Å². The maximum absolute atomic E-state index is 4.31. The van der Waals surface area contributed by atoms with Crippen molar-refractivity contribution >= 4 is 17.7 Å². The maximum Gasteiger partial charge on any atom is 0.191 e. The highest BCUT2D eigenvalue weighted by molar-refractivity contribution is 8.00. The van der Waals surface area contributed by atoms with E-state index in [4.69, 9.17) is 0 Å². The number of rotatable bonds is 3. The molecule has 1 aliphatic heterocycles. The van der Waals surface area contributed by atoms with Gasteiger partial charge in [-0.3, -0.25) is 4.99 Å². The summed E-state index contributed by atoms with van der Waals surface area (Å²) in [5.74, 6) is 2.27. The van der Waals surface area contributed by atoms with Crippen LogP contribution >= 0.6 is 11.8 Å². The molecule has 0 amide bonds. The minimum Gasteiger partial charge on any atom is -0.355 e. The Morgan fingerprint density at radius 3 is 2.59 bits per heavy atom. The van der Waals surface area contributed by atoms with E-state index in [9.17, 15) is 0 Å². The minimum atomic E-state index is 0.399. The van der Waals surface area contributed by atoms with E-state index < -0.39 is 0 Å². The topological polar surface area (TPSA) is 36.4 Å². The van der Waals surface area contributed by atoms with Gasteiger partial charge in [-0.1, -0.05) is 13.8 Å². The lowest BCUT2D eigenvalue weighted by Gasteiger charge is -2.24. The monoisotopic (exact) mass is 255 g/mol. The molecular formula is C13H25N3S. The third kappa shape index (κ3) is 3.30. The van der Waals surface area contributed by atoms with Crippen LogP contribution in [0.3, 0.4) is 0 Å². The molecule has 1 saturated heterocycles. The summed E-state index contributed by atoms with van der Waals surface area (Å²) in [5.41, 5.74) is 0.448. The van der Waals surface area contributed by atoms with Crippen molar-refractivity contribution in [2.45, 2.75) is 50.8 Å². The maximum atomic E-state index is 4.31. The SMILES string of the molecule is CN=C(NCC1(C)CCCS1)NC1CC1(C)C. The van der Waals surface area contributed by atoms with Crippen molar-refractivity contribution in [2.75, 3.05) is 19.3 Å². The molecule has 2 aliphatic rings. The van der Waals surface area contributed by atoms with Gasteiger partial charge in [0.05, 0.1) is 0 Å². The van der Waals surface area contributed by atoms with Crippen LogP contribution < -0.4 is 10.6 Å². The van der Waals surface area contributed by atoms with Gasteiger partial charge in [-0.25, -0.2) is 0 Å². The molecule has 0 radical (unpaired) electrons. The molecule has 0 aromatic heterocycles. The molecule has 2 atom stereocenters. The van der Waals surface area contributed by atoms with Crippen LogP contribution in [0, 0.1) is 5.41 Å². The Morgan fingerprint density at radius 2 is 2.12 bits per heavy atom. The van der Waals surface area contributed by atoms with Crippen LogP contribution in [0.2, 0.25) is 0 Å². The highest BCUT2D eigenvalue weighted by atomic mass is 32.2. The summed E-state index contributed by atoms with van der Waals surface area (Å²) in [5, 5.41) is 6.98. The van der Waals surface area contributed by atoms with Gasteiger partial charge in [0.15, 0.2) is 5.96 Å². The first kappa shape index (κ1) is 13.1. The molecule has 98 valence electrons. The van der Waals surface area contributed by atoms with Gasteiger partial charge in [0.25, 0.3) is 0 Å². The molecule has 17 heavy (non-hydrogen) atoms. The van der Waals surface area contributed by atoms with E-state index in [-0.39, 0.29) is 0 Å². The first-order chi connectivity index (χ1) is 7.95. The Labute approximate surface area is 109 Å².